The van der Waals surface area contributed by atoms with Crippen LogP contribution >= 0.6 is 34.8 Å². The lowest BCUT2D eigenvalue weighted by atomic mass is 9.77. The summed E-state index contributed by atoms with van der Waals surface area (Å²) in [5.74, 6) is -6.97. The molecule has 74 heavy (non-hydrogen) atoms. The second kappa shape index (κ2) is 19.2. The van der Waals surface area contributed by atoms with E-state index in [1.807, 2.05) is 0 Å². The predicted molar refractivity (Wildman–Crippen MR) is 262 cm³/mol. The summed E-state index contributed by atoms with van der Waals surface area (Å²) in [5, 5.41) is 20.8. The van der Waals surface area contributed by atoms with Gasteiger partial charge in [-0.15, -0.1) is 0 Å². The number of halogens is 9. The second-order valence-electron chi connectivity index (χ2n) is 17.4. The lowest BCUT2D eigenvalue weighted by molar-refractivity contribution is -0.274. The van der Waals surface area contributed by atoms with Crippen molar-refractivity contribution in [2.75, 3.05) is 0 Å². The zero-order valence-corrected chi connectivity index (χ0v) is 41.7. The summed E-state index contributed by atoms with van der Waals surface area (Å²) >= 11 is 19.2. The number of imidazole rings is 2. The number of carboxylic acid groups (broad SMARTS) is 1. The van der Waals surface area contributed by atoms with Gasteiger partial charge in [0.05, 0.1) is 27.6 Å². The number of benzene rings is 5. The van der Waals surface area contributed by atoms with Gasteiger partial charge in [0, 0.05) is 72.9 Å². The zero-order valence-electron chi connectivity index (χ0n) is 39.4. The van der Waals surface area contributed by atoms with Gasteiger partial charge in [0.2, 0.25) is 11.5 Å². The van der Waals surface area contributed by atoms with Gasteiger partial charge in [-0.3, -0.25) is 18.3 Å². The van der Waals surface area contributed by atoms with E-state index in [0.29, 0.717) is 5.52 Å². The highest BCUT2D eigenvalue weighted by molar-refractivity contribution is 6.32. The second-order valence-corrected chi connectivity index (χ2v) is 18.7. The van der Waals surface area contributed by atoms with Gasteiger partial charge in [-0.2, -0.15) is 26.3 Å². The Bertz CT molecular complexity index is 3690. The van der Waals surface area contributed by atoms with Crippen LogP contribution in [0, 0.1) is 0 Å². The lowest BCUT2D eigenvalue weighted by Crippen LogP contribution is -2.50. The van der Waals surface area contributed by atoms with Gasteiger partial charge in [0.15, 0.2) is 5.60 Å². The van der Waals surface area contributed by atoms with E-state index in [2.05, 4.69) is 4.98 Å². The molecule has 8 rings (SSSR count). The number of aromatic carboxylic acids is 1. The van der Waals surface area contributed by atoms with Crippen LogP contribution in [0.25, 0.3) is 22.1 Å². The molecule has 23 heteroatoms. The molecule has 0 saturated carbocycles. The molecule has 3 aromatic heterocycles. The normalized spacial score (nSPS) is 14.6. The first-order valence-corrected chi connectivity index (χ1v) is 23.1. The highest BCUT2D eigenvalue weighted by Crippen LogP contribution is 2.54. The van der Waals surface area contributed by atoms with E-state index in [9.17, 15) is 42.6 Å². The summed E-state index contributed by atoms with van der Waals surface area (Å²) in [6, 6.07) is 20.1. The Morgan fingerprint density at radius 1 is 0.608 bits per heavy atom. The Labute approximate surface area is 430 Å². The van der Waals surface area contributed by atoms with Crippen LogP contribution in [0.5, 0.6) is 23.1 Å². The molecule has 0 spiro atoms. The number of fused-ring (bicyclic) bond motifs is 2. The Kier molecular flexibility index (Phi) is 13.8. The van der Waals surface area contributed by atoms with Crippen LogP contribution in [0.15, 0.2) is 119 Å². The quantitative estimate of drug-likeness (QED) is 0.0837. The van der Waals surface area contributed by atoms with E-state index < -0.39 is 75.4 Å². The highest BCUT2D eigenvalue weighted by Gasteiger charge is 2.64. The summed E-state index contributed by atoms with van der Waals surface area (Å²) < 4.78 is 115. The highest BCUT2D eigenvalue weighted by atomic mass is 35.5. The lowest BCUT2D eigenvalue weighted by Gasteiger charge is -2.40. The minimum Gasteiger partial charge on any atom is -0.478 e. The topological polar surface area (TPSA) is 169 Å². The third kappa shape index (κ3) is 9.02. The summed E-state index contributed by atoms with van der Waals surface area (Å²) in [6.45, 7) is 2.25. The number of ether oxygens (including phenoxy) is 3. The number of carbonyl (C=O) groups is 2. The van der Waals surface area contributed by atoms with Crippen molar-refractivity contribution in [3.63, 3.8) is 0 Å². The monoisotopic (exact) mass is 1090 g/mol. The molecular weight excluding hydrogens is 1050 g/mol. The zero-order chi connectivity index (χ0) is 54.1. The van der Waals surface area contributed by atoms with Crippen molar-refractivity contribution < 1.29 is 60.4 Å². The van der Waals surface area contributed by atoms with Crippen molar-refractivity contribution in [1.82, 2.24) is 23.3 Å². The average molecular weight is 1090 g/mol. The standard InChI is InChI=1S/C51H40Cl3F6N5O9/c1-25(48(71,50(55,56)57)28-8-15-38-40(19-28)64(5)46(69)62(38)3)33-13-12-32(23-36(33)53)73-43-18-7-27(24-61-43)45(68)74-49(51(58,59)60,29-9-16-39-41(20-29)65(6)47(70)63(39)4)26(2)34-14-11-31(22-37(34)54)72-42-17-10-30(52)21-35(42)44(66)67/h7-26,71H,1-6H3,(H,66,67). The fourth-order valence-electron chi connectivity index (χ4n) is 9.07. The first-order valence-electron chi connectivity index (χ1n) is 21.9. The van der Waals surface area contributed by atoms with Gasteiger partial charge in [-0.1, -0.05) is 72.9 Å². The van der Waals surface area contributed by atoms with Gasteiger partial charge in [0.1, 0.15) is 22.8 Å². The fraction of sp³-hybridized carbons (Fsp3) is 0.235. The van der Waals surface area contributed by atoms with Crippen LogP contribution < -0.4 is 20.9 Å². The van der Waals surface area contributed by atoms with Crippen LogP contribution in [-0.2, 0) is 44.1 Å². The molecule has 0 aliphatic carbocycles. The molecule has 0 aliphatic heterocycles. The summed E-state index contributed by atoms with van der Waals surface area (Å²) in [5.41, 5.74) is -9.52. The van der Waals surface area contributed by atoms with Gasteiger partial charge < -0.3 is 24.4 Å². The van der Waals surface area contributed by atoms with E-state index in [0.717, 1.165) is 83.8 Å². The number of carbonyl (C=O) groups excluding carboxylic acids is 1. The number of hydrogen-bond donors (Lipinski definition) is 2. The summed E-state index contributed by atoms with van der Waals surface area (Å²) in [7, 11) is 5.63. The Hall–Kier alpha value is -7.26. The number of pyridine rings is 1. The van der Waals surface area contributed by atoms with Gasteiger partial charge in [-0.05, 0) is 89.5 Å². The largest absolute Gasteiger partial charge is 0.478 e. The van der Waals surface area contributed by atoms with Crippen molar-refractivity contribution in [3.05, 3.63) is 179 Å². The van der Waals surface area contributed by atoms with Crippen molar-refractivity contribution in [2.24, 2.45) is 28.2 Å². The number of esters is 1. The number of rotatable bonds is 13. The molecule has 0 aliphatic rings. The van der Waals surface area contributed by atoms with Gasteiger partial charge in [-0.25, -0.2) is 24.2 Å². The molecule has 386 valence electrons. The number of carboxylic acids is 1. The van der Waals surface area contributed by atoms with E-state index in [4.69, 9.17) is 49.0 Å². The molecule has 0 saturated heterocycles. The van der Waals surface area contributed by atoms with E-state index in [1.54, 1.807) is 0 Å². The molecule has 0 radical (unpaired) electrons. The molecule has 4 atom stereocenters. The van der Waals surface area contributed by atoms with E-state index >= 15 is 13.2 Å². The van der Waals surface area contributed by atoms with Crippen molar-refractivity contribution in [1.29, 1.82) is 0 Å². The van der Waals surface area contributed by atoms with Crippen LogP contribution in [0.3, 0.4) is 0 Å². The predicted octanol–water partition coefficient (Wildman–Crippen LogP) is 11.7. The molecule has 5 aromatic carbocycles. The smallest absolute Gasteiger partial charge is 0.433 e. The number of nitrogens with zero attached hydrogens (tertiary/aromatic N) is 5. The maximum Gasteiger partial charge on any atom is 0.433 e. The molecule has 0 amide bonds. The Morgan fingerprint density at radius 3 is 1.62 bits per heavy atom. The number of aryl methyl sites for hydroxylation is 4. The van der Waals surface area contributed by atoms with E-state index in [-0.39, 0.29) is 71.4 Å². The Morgan fingerprint density at radius 2 is 1.12 bits per heavy atom. The van der Waals surface area contributed by atoms with Crippen LogP contribution in [-0.4, -0.2) is 57.8 Å². The third-order valence-corrected chi connectivity index (χ3v) is 14.1. The number of aliphatic hydroxyl groups is 1. The number of hydrogen-bond acceptors (Lipinski definition) is 9. The number of alkyl halides is 6. The van der Waals surface area contributed by atoms with Crippen molar-refractivity contribution >= 4 is 68.8 Å². The molecule has 0 bridgehead atoms. The molecular formula is C51H40Cl3F6N5O9. The molecule has 0 fully saturated rings. The Balaban J connectivity index is 1.10. The van der Waals surface area contributed by atoms with Gasteiger partial charge >= 0.3 is 35.7 Å². The van der Waals surface area contributed by atoms with Crippen LogP contribution in [0.2, 0.25) is 15.1 Å². The maximum atomic E-state index is 16.2. The molecule has 4 unspecified atom stereocenters. The number of aromatic nitrogens is 5. The minimum atomic E-state index is -5.41. The van der Waals surface area contributed by atoms with Gasteiger partial charge in [0.25, 0.3) is 0 Å². The maximum absolute atomic E-state index is 16.2. The summed E-state index contributed by atoms with van der Waals surface area (Å²) in [4.78, 5) is 55.5. The first kappa shape index (κ1) is 53.0. The van der Waals surface area contributed by atoms with E-state index in [1.165, 1.54) is 85.9 Å². The van der Waals surface area contributed by atoms with Crippen LogP contribution in [0.1, 0.15) is 68.7 Å². The fourth-order valence-corrected chi connectivity index (χ4v) is 9.91. The SMILES string of the molecule is CC(c1ccc(Oc2ccc(C(=O)OC(c3ccc4c(c3)n(C)c(=O)n4C)(C(C)c3ccc(Oc4ccc(Cl)cc4C(=O)O)cc3Cl)C(F)(F)F)cn2)cc1Cl)C(O)(c1ccc2c(c1)n(C)c(=O)n2C)C(F)(F)F. The van der Waals surface area contributed by atoms with Crippen molar-refractivity contribution in [3.8, 4) is 23.1 Å². The molecule has 2 N–H and O–H groups in total. The molecule has 14 nitrogen and oxygen atoms in total. The average Bonchev–Trinajstić information content (AvgIpc) is 3.69. The molecule has 3 heterocycles. The minimum absolute atomic E-state index is 0.0614. The third-order valence-electron chi connectivity index (χ3n) is 13.2. The van der Waals surface area contributed by atoms with Crippen molar-refractivity contribution in [2.45, 2.75) is 49.2 Å². The summed E-state index contributed by atoms with van der Waals surface area (Å²) in [6.07, 6.45) is -9.78. The molecule has 8 aromatic rings. The van der Waals surface area contributed by atoms with Crippen LogP contribution in [0.4, 0.5) is 26.3 Å². The first-order chi connectivity index (χ1) is 34.6.